The first-order valence-electron chi connectivity index (χ1n) is 5.06. The smallest absolute Gasteiger partial charge is 0.305 e. The van der Waals surface area contributed by atoms with Crippen molar-refractivity contribution in [1.29, 1.82) is 0 Å². The molecule has 0 amide bonds. The van der Waals surface area contributed by atoms with Gasteiger partial charge < -0.3 is 10.2 Å². The lowest BCUT2D eigenvalue weighted by molar-refractivity contribution is -0.139. The normalized spacial score (nSPS) is 12.8. The maximum absolute atomic E-state index is 10.2. The summed E-state index contributed by atoms with van der Waals surface area (Å²) in [5, 5.41) is 17.6. The van der Waals surface area contributed by atoms with E-state index in [4.69, 9.17) is 5.11 Å². The molecule has 0 rings (SSSR count). The number of aliphatic carboxylic acids is 1. The van der Waals surface area contributed by atoms with E-state index in [1.807, 2.05) is 0 Å². The topological polar surface area (TPSA) is 57.5 Å². The van der Waals surface area contributed by atoms with Gasteiger partial charge in [0.15, 0.2) is 0 Å². The van der Waals surface area contributed by atoms with Crippen molar-refractivity contribution < 1.29 is 15.0 Å². The van der Waals surface area contributed by atoms with Gasteiger partial charge in [0.25, 0.3) is 0 Å². The second-order valence-electron chi connectivity index (χ2n) is 3.45. The zero-order chi connectivity index (χ0) is 10.1. The number of carboxylic acids is 1. The minimum Gasteiger partial charge on any atom is -0.481 e. The molecular formula is C10H20O3. The van der Waals surface area contributed by atoms with Crippen molar-refractivity contribution in [3.8, 4) is 0 Å². The molecule has 78 valence electrons. The molecule has 0 spiro atoms. The molecule has 0 aromatic carbocycles. The van der Waals surface area contributed by atoms with Gasteiger partial charge in [0.1, 0.15) is 0 Å². The molecule has 3 heteroatoms. The standard InChI is InChI=1S/C10H20O3/c1-2-3-4-5-6-7-9(11)8-10(12)13/h9,11H,2-8H2,1H3,(H,12,13). The fourth-order valence-corrected chi connectivity index (χ4v) is 1.29. The largest absolute Gasteiger partial charge is 0.481 e. The first kappa shape index (κ1) is 12.4. The highest BCUT2D eigenvalue weighted by Crippen LogP contribution is 2.08. The summed E-state index contributed by atoms with van der Waals surface area (Å²) in [5.41, 5.74) is 0. The Labute approximate surface area is 79.8 Å². The number of hydrogen-bond acceptors (Lipinski definition) is 2. The van der Waals surface area contributed by atoms with E-state index in [1.54, 1.807) is 0 Å². The predicted molar refractivity (Wildman–Crippen MR) is 51.6 cm³/mol. The van der Waals surface area contributed by atoms with Crippen LogP contribution in [0.1, 0.15) is 51.9 Å². The van der Waals surface area contributed by atoms with E-state index < -0.39 is 12.1 Å². The minimum atomic E-state index is -0.916. The molecule has 13 heavy (non-hydrogen) atoms. The summed E-state index contributed by atoms with van der Waals surface area (Å²) in [5.74, 6) is -0.916. The Morgan fingerprint density at radius 3 is 2.38 bits per heavy atom. The minimum absolute atomic E-state index is 0.117. The monoisotopic (exact) mass is 188 g/mol. The summed E-state index contributed by atoms with van der Waals surface area (Å²) in [6, 6.07) is 0. The molecule has 0 bridgehead atoms. The molecule has 0 radical (unpaired) electrons. The molecule has 0 aliphatic heterocycles. The molecule has 0 aromatic rings. The van der Waals surface area contributed by atoms with Crippen molar-refractivity contribution in [1.82, 2.24) is 0 Å². The predicted octanol–water partition coefficient (Wildman–Crippen LogP) is 2.18. The SMILES string of the molecule is CCCCCCCC(O)CC(=O)O. The van der Waals surface area contributed by atoms with Crippen molar-refractivity contribution in [2.24, 2.45) is 0 Å². The van der Waals surface area contributed by atoms with E-state index >= 15 is 0 Å². The molecule has 1 atom stereocenters. The first-order valence-corrected chi connectivity index (χ1v) is 5.06. The van der Waals surface area contributed by atoms with Crippen LogP contribution >= 0.6 is 0 Å². The average molecular weight is 188 g/mol. The van der Waals surface area contributed by atoms with E-state index in [0.29, 0.717) is 6.42 Å². The van der Waals surface area contributed by atoms with Crippen molar-refractivity contribution in [2.75, 3.05) is 0 Å². The molecule has 2 N–H and O–H groups in total. The number of rotatable bonds is 8. The van der Waals surface area contributed by atoms with Crippen molar-refractivity contribution in [2.45, 2.75) is 58.0 Å². The van der Waals surface area contributed by atoms with Gasteiger partial charge in [-0.1, -0.05) is 39.0 Å². The number of aliphatic hydroxyl groups excluding tert-OH is 1. The zero-order valence-electron chi connectivity index (χ0n) is 8.33. The Hall–Kier alpha value is -0.570. The van der Waals surface area contributed by atoms with Crippen LogP contribution in [0, 0.1) is 0 Å². The van der Waals surface area contributed by atoms with Gasteiger partial charge in [-0.25, -0.2) is 0 Å². The highest BCUT2D eigenvalue weighted by molar-refractivity contribution is 5.67. The van der Waals surface area contributed by atoms with Crippen LogP contribution in [0.4, 0.5) is 0 Å². The van der Waals surface area contributed by atoms with Crippen molar-refractivity contribution in [3.05, 3.63) is 0 Å². The number of carbonyl (C=O) groups is 1. The summed E-state index contributed by atoms with van der Waals surface area (Å²) in [6.07, 6.45) is 5.52. The maximum Gasteiger partial charge on any atom is 0.305 e. The van der Waals surface area contributed by atoms with E-state index in [2.05, 4.69) is 6.92 Å². The Kier molecular flexibility index (Phi) is 7.69. The van der Waals surface area contributed by atoms with Crippen LogP contribution in [0.5, 0.6) is 0 Å². The van der Waals surface area contributed by atoms with Gasteiger partial charge in [0, 0.05) is 0 Å². The number of carboxylic acid groups (broad SMARTS) is 1. The lowest BCUT2D eigenvalue weighted by Gasteiger charge is -2.06. The van der Waals surface area contributed by atoms with Gasteiger partial charge >= 0.3 is 5.97 Å². The lowest BCUT2D eigenvalue weighted by Crippen LogP contribution is -2.12. The number of aliphatic hydroxyl groups is 1. The van der Waals surface area contributed by atoms with Gasteiger partial charge in [-0.05, 0) is 6.42 Å². The molecule has 0 fully saturated rings. The molecule has 0 heterocycles. The molecule has 0 saturated carbocycles. The van der Waals surface area contributed by atoms with Gasteiger partial charge in [-0.2, -0.15) is 0 Å². The highest BCUT2D eigenvalue weighted by Gasteiger charge is 2.08. The second-order valence-corrected chi connectivity index (χ2v) is 3.45. The van der Waals surface area contributed by atoms with E-state index in [0.717, 1.165) is 12.8 Å². The summed E-state index contributed by atoms with van der Waals surface area (Å²) < 4.78 is 0. The lowest BCUT2D eigenvalue weighted by atomic mass is 10.1. The van der Waals surface area contributed by atoms with Crippen LogP contribution < -0.4 is 0 Å². The third-order valence-electron chi connectivity index (χ3n) is 2.05. The first-order chi connectivity index (χ1) is 6.16. The number of unbranched alkanes of at least 4 members (excludes halogenated alkanes) is 4. The molecule has 0 aromatic heterocycles. The van der Waals surface area contributed by atoms with Gasteiger partial charge in [-0.3, -0.25) is 4.79 Å². The van der Waals surface area contributed by atoms with Gasteiger partial charge in [-0.15, -0.1) is 0 Å². The highest BCUT2D eigenvalue weighted by atomic mass is 16.4. The summed E-state index contributed by atoms with van der Waals surface area (Å²) in [6.45, 7) is 2.15. The fourth-order valence-electron chi connectivity index (χ4n) is 1.29. The quantitative estimate of drug-likeness (QED) is 0.574. The zero-order valence-corrected chi connectivity index (χ0v) is 8.33. The van der Waals surface area contributed by atoms with E-state index in [9.17, 15) is 9.90 Å². The van der Waals surface area contributed by atoms with E-state index in [-0.39, 0.29) is 6.42 Å². The molecule has 1 unspecified atom stereocenters. The average Bonchev–Trinajstić information content (AvgIpc) is 2.02. The van der Waals surface area contributed by atoms with Crippen LogP contribution in [-0.4, -0.2) is 22.3 Å². The Bertz CT molecular complexity index is 134. The summed E-state index contributed by atoms with van der Waals surface area (Å²) in [7, 11) is 0. The Morgan fingerprint density at radius 2 is 1.85 bits per heavy atom. The Balaban J connectivity index is 3.17. The maximum atomic E-state index is 10.2. The third kappa shape index (κ3) is 9.34. The van der Waals surface area contributed by atoms with Crippen molar-refractivity contribution >= 4 is 5.97 Å². The van der Waals surface area contributed by atoms with Gasteiger partial charge in [0.2, 0.25) is 0 Å². The third-order valence-corrected chi connectivity index (χ3v) is 2.05. The summed E-state index contributed by atoms with van der Waals surface area (Å²) >= 11 is 0. The summed E-state index contributed by atoms with van der Waals surface area (Å²) in [4.78, 5) is 10.2. The van der Waals surface area contributed by atoms with Crippen LogP contribution in [0.2, 0.25) is 0 Å². The van der Waals surface area contributed by atoms with E-state index in [1.165, 1.54) is 19.3 Å². The van der Waals surface area contributed by atoms with Crippen LogP contribution in [0.3, 0.4) is 0 Å². The molecule has 0 aliphatic carbocycles. The van der Waals surface area contributed by atoms with Crippen LogP contribution in [-0.2, 0) is 4.79 Å². The fraction of sp³-hybridized carbons (Fsp3) is 0.900. The Morgan fingerprint density at radius 1 is 1.23 bits per heavy atom. The second kappa shape index (κ2) is 8.05. The van der Waals surface area contributed by atoms with Crippen LogP contribution in [0.25, 0.3) is 0 Å². The van der Waals surface area contributed by atoms with Gasteiger partial charge in [0.05, 0.1) is 12.5 Å². The van der Waals surface area contributed by atoms with Crippen molar-refractivity contribution in [3.63, 3.8) is 0 Å². The number of hydrogen-bond donors (Lipinski definition) is 2. The molecule has 0 saturated heterocycles. The van der Waals surface area contributed by atoms with Crippen LogP contribution in [0.15, 0.2) is 0 Å². The molecule has 0 aliphatic rings. The molecular weight excluding hydrogens is 168 g/mol. The molecule has 3 nitrogen and oxygen atoms in total.